The van der Waals surface area contributed by atoms with Crippen LogP contribution in [0, 0.1) is 5.82 Å². The summed E-state index contributed by atoms with van der Waals surface area (Å²) in [6, 6.07) is 9.16. The molecule has 2 rings (SSSR count). The van der Waals surface area contributed by atoms with Crippen molar-refractivity contribution in [1.29, 1.82) is 0 Å². The van der Waals surface area contributed by atoms with Crippen LogP contribution in [0.1, 0.15) is 36.7 Å². The van der Waals surface area contributed by atoms with Crippen molar-refractivity contribution in [2.24, 2.45) is 0 Å². The van der Waals surface area contributed by atoms with E-state index in [0.717, 1.165) is 12.0 Å². The highest BCUT2D eigenvalue weighted by molar-refractivity contribution is 5.75. The zero-order valence-electron chi connectivity index (χ0n) is 11.5. The number of halogens is 1. The number of aldehydes is 1. The molecule has 0 aliphatic heterocycles. The number of rotatable bonds is 4. The van der Waals surface area contributed by atoms with Gasteiger partial charge in [-0.3, -0.25) is 9.59 Å². The second kappa shape index (κ2) is 5.82. The normalized spacial score (nSPS) is 12.2. The Hall–Kier alpha value is -2.23. The Labute approximate surface area is 116 Å². The van der Waals surface area contributed by atoms with Crippen LogP contribution in [0.25, 0.3) is 11.3 Å². The third kappa shape index (κ3) is 2.54. The summed E-state index contributed by atoms with van der Waals surface area (Å²) in [5, 5.41) is 0. The summed E-state index contributed by atoms with van der Waals surface area (Å²) in [6.45, 7) is 3.89. The van der Waals surface area contributed by atoms with Crippen LogP contribution in [-0.2, 0) is 0 Å². The van der Waals surface area contributed by atoms with Crippen LogP contribution >= 0.6 is 0 Å². The van der Waals surface area contributed by atoms with Gasteiger partial charge in [-0.05, 0) is 55.3 Å². The van der Waals surface area contributed by atoms with Gasteiger partial charge < -0.3 is 4.57 Å². The first-order valence-corrected chi connectivity index (χ1v) is 6.55. The number of benzene rings is 1. The van der Waals surface area contributed by atoms with Crippen LogP contribution in [0.2, 0.25) is 0 Å². The van der Waals surface area contributed by atoms with Gasteiger partial charge in [-0.15, -0.1) is 0 Å². The molecule has 1 aromatic carbocycles. The molecule has 104 valence electrons. The maximum atomic E-state index is 13.0. The lowest BCUT2D eigenvalue weighted by Gasteiger charge is -2.19. The minimum atomic E-state index is -0.323. The predicted molar refractivity (Wildman–Crippen MR) is 76.5 cm³/mol. The van der Waals surface area contributed by atoms with Gasteiger partial charge in [0.2, 0.25) is 0 Å². The van der Waals surface area contributed by atoms with E-state index in [-0.39, 0.29) is 23.0 Å². The van der Waals surface area contributed by atoms with E-state index in [1.807, 2.05) is 13.8 Å². The molecule has 0 saturated carbocycles. The van der Waals surface area contributed by atoms with E-state index in [1.165, 1.54) is 18.2 Å². The average molecular weight is 273 g/mol. The number of hydrogen-bond acceptors (Lipinski definition) is 2. The molecule has 0 amide bonds. The number of hydrogen-bond donors (Lipinski definition) is 0. The fourth-order valence-corrected chi connectivity index (χ4v) is 2.13. The van der Waals surface area contributed by atoms with E-state index in [9.17, 15) is 14.0 Å². The van der Waals surface area contributed by atoms with E-state index < -0.39 is 0 Å². The fourth-order valence-electron chi connectivity index (χ4n) is 2.13. The molecule has 0 aliphatic carbocycles. The van der Waals surface area contributed by atoms with Crippen molar-refractivity contribution in [1.82, 2.24) is 4.57 Å². The van der Waals surface area contributed by atoms with E-state index in [1.54, 1.807) is 22.8 Å². The Morgan fingerprint density at radius 1 is 1.20 bits per heavy atom. The molecular formula is C16H16FNO2. The highest BCUT2D eigenvalue weighted by atomic mass is 19.1. The molecule has 3 nitrogen and oxygen atoms in total. The van der Waals surface area contributed by atoms with Crippen molar-refractivity contribution in [3.63, 3.8) is 0 Å². The quantitative estimate of drug-likeness (QED) is 0.800. The van der Waals surface area contributed by atoms with E-state index in [4.69, 9.17) is 0 Å². The van der Waals surface area contributed by atoms with Crippen LogP contribution in [0.5, 0.6) is 0 Å². The molecule has 20 heavy (non-hydrogen) atoms. The van der Waals surface area contributed by atoms with Gasteiger partial charge in [0.1, 0.15) is 5.82 Å². The van der Waals surface area contributed by atoms with Crippen molar-refractivity contribution < 1.29 is 9.18 Å². The minimum Gasteiger partial charge on any atom is -0.305 e. The molecule has 0 spiro atoms. The van der Waals surface area contributed by atoms with Crippen molar-refractivity contribution in [3.8, 4) is 11.3 Å². The molecule has 0 N–H and O–H groups in total. The summed E-state index contributed by atoms with van der Waals surface area (Å²) < 4.78 is 14.6. The Balaban J connectivity index is 2.69. The van der Waals surface area contributed by atoms with Crippen LogP contribution in [0.15, 0.2) is 41.2 Å². The molecule has 4 heteroatoms. The highest BCUT2D eigenvalue weighted by Gasteiger charge is 2.14. The van der Waals surface area contributed by atoms with Gasteiger partial charge in [0, 0.05) is 6.04 Å². The second-order valence-corrected chi connectivity index (χ2v) is 4.73. The number of pyridine rings is 1. The molecule has 0 aliphatic rings. The van der Waals surface area contributed by atoms with Crippen molar-refractivity contribution in [3.05, 3.63) is 58.1 Å². The van der Waals surface area contributed by atoms with Gasteiger partial charge in [-0.1, -0.05) is 6.92 Å². The number of carbonyl (C=O) groups excluding carboxylic acids is 1. The maximum absolute atomic E-state index is 13.0. The Morgan fingerprint density at radius 3 is 2.40 bits per heavy atom. The Morgan fingerprint density at radius 2 is 1.85 bits per heavy atom. The molecule has 1 heterocycles. The molecule has 1 aromatic heterocycles. The number of carbonyl (C=O) groups is 1. The fraction of sp³-hybridized carbons (Fsp3) is 0.250. The monoisotopic (exact) mass is 273 g/mol. The Bertz CT molecular complexity index is 674. The van der Waals surface area contributed by atoms with Gasteiger partial charge in [0.15, 0.2) is 6.29 Å². The summed E-state index contributed by atoms with van der Waals surface area (Å²) >= 11 is 0. The summed E-state index contributed by atoms with van der Waals surface area (Å²) in [4.78, 5) is 23.2. The SMILES string of the molecule is CCC(C)n1c(-c2ccc(F)cc2)ccc(C=O)c1=O. The number of nitrogens with zero attached hydrogens (tertiary/aromatic N) is 1. The summed E-state index contributed by atoms with van der Waals surface area (Å²) in [5.74, 6) is -0.323. The molecule has 1 unspecified atom stereocenters. The van der Waals surface area contributed by atoms with E-state index in [0.29, 0.717) is 12.0 Å². The van der Waals surface area contributed by atoms with Gasteiger partial charge >= 0.3 is 0 Å². The van der Waals surface area contributed by atoms with Crippen molar-refractivity contribution in [2.75, 3.05) is 0 Å². The molecule has 0 radical (unpaired) electrons. The van der Waals surface area contributed by atoms with Crippen LogP contribution in [-0.4, -0.2) is 10.9 Å². The first kappa shape index (κ1) is 14.2. The average Bonchev–Trinajstić information content (AvgIpc) is 2.47. The first-order valence-electron chi connectivity index (χ1n) is 6.55. The summed E-state index contributed by atoms with van der Waals surface area (Å²) in [5.41, 5.74) is 1.27. The zero-order chi connectivity index (χ0) is 14.7. The molecule has 0 bridgehead atoms. The van der Waals surface area contributed by atoms with E-state index >= 15 is 0 Å². The third-order valence-corrected chi connectivity index (χ3v) is 3.44. The van der Waals surface area contributed by atoms with Gasteiger partial charge in [-0.25, -0.2) is 4.39 Å². The van der Waals surface area contributed by atoms with Crippen molar-refractivity contribution in [2.45, 2.75) is 26.3 Å². The predicted octanol–water partition coefficient (Wildman–Crippen LogP) is 3.44. The lowest BCUT2D eigenvalue weighted by molar-refractivity contribution is 0.112. The van der Waals surface area contributed by atoms with Crippen LogP contribution < -0.4 is 5.56 Å². The minimum absolute atomic E-state index is 0.0394. The van der Waals surface area contributed by atoms with Gasteiger partial charge in [-0.2, -0.15) is 0 Å². The van der Waals surface area contributed by atoms with Crippen LogP contribution in [0.3, 0.4) is 0 Å². The lowest BCUT2D eigenvalue weighted by Crippen LogP contribution is -2.27. The summed E-state index contributed by atoms with van der Waals surface area (Å²) in [7, 11) is 0. The third-order valence-electron chi connectivity index (χ3n) is 3.44. The van der Waals surface area contributed by atoms with Crippen LogP contribution in [0.4, 0.5) is 4.39 Å². The largest absolute Gasteiger partial charge is 0.305 e. The molecule has 1 atom stereocenters. The second-order valence-electron chi connectivity index (χ2n) is 4.73. The van der Waals surface area contributed by atoms with Gasteiger partial charge in [0.25, 0.3) is 5.56 Å². The van der Waals surface area contributed by atoms with Gasteiger partial charge in [0.05, 0.1) is 11.3 Å². The molecular weight excluding hydrogens is 257 g/mol. The van der Waals surface area contributed by atoms with E-state index in [2.05, 4.69) is 0 Å². The summed E-state index contributed by atoms with van der Waals surface area (Å²) in [6.07, 6.45) is 1.33. The smallest absolute Gasteiger partial charge is 0.261 e. The number of aromatic nitrogens is 1. The van der Waals surface area contributed by atoms with Crippen molar-refractivity contribution >= 4 is 6.29 Å². The standard InChI is InChI=1S/C16H16FNO2/c1-3-11(2)18-15(9-6-13(10-19)16(18)20)12-4-7-14(17)8-5-12/h4-11H,3H2,1-2H3. The molecule has 0 fully saturated rings. The molecule has 0 saturated heterocycles. The first-order chi connectivity index (χ1) is 9.58. The Kier molecular flexibility index (Phi) is 4.13. The maximum Gasteiger partial charge on any atom is 0.261 e. The lowest BCUT2D eigenvalue weighted by atomic mass is 10.1. The topological polar surface area (TPSA) is 39.1 Å². The highest BCUT2D eigenvalue weighted by Crippen LogP contribution is 2.22. The molecule has 2 aromatic rings. The zero-order valence-corrected chi connectivity index (χ0v) is 11.5.